The highest BCUT2D eigenvalue weighted by Crippen LogP contribution is 2.33. The van der Waals surface area contributed by atoms with Gasteiger partial charge in [0.1, 0.15) is 0 Å². The van der Waals surface area contributed by atoms with Gasteiger partial charge in [-0.25, -0.2) is 13.2 Å². The van der Waals surface area contributed by atoms with Gasteiger partial charge in [-0.15, -0.1) is 0 Å². The zero-order chi connectivity index (χ0) is 19.6. The molecule has 1 aliphatic rings. The summed E-state index contributed by atoms with van der Waals surface area (Å²) in [5.41, 5.74) is 1.77. The SMILES string of the molecule is COc1ccc(S(=O)(=O)Nc2ccc3c(c2C(=O)O)CCCC3)cc1OC. The molecule has 2 aromatic carbocycles. The third kappa shape index (κ3) is 3.71. The predicted molar refractivity (Wildman–Crippen MR) is 100 cm³/mol. The Morgan fingerprint density at radius 1 is 1.04 bits per heavy atom. The van der Waals surface area contributed by atoms with Crippen LogP contribution in [-0.4, -0.2) is 33.7 Å². The highest BCUT2D eigenvalue weighted by Gasteiger charge is 2.25. The van der Waals surface area contributed by atoms with E-state index in [0.29, 0.717) is 17.7 Å². The molecule has 0 amide bonds. The summed E-state index contributed by atoms with van der Waals surface area (Å²) in [5.74, 6) is -0.473. The minimum Gasteiger partial charge on any atom is -0.493 e. The number of benzene rings is 2. The van der Waals surface area contributed by atoms with Gasteiger partial charge >= 0.3 is 5.97 Å². The average molecular weight is 391 g/mol. The third-order valence-electron chi connectivity index (χ3n) is 4.66. The van der Waals surface area contributed by atoms with Crippen molar-refractivity contribution in [1.29, 1.82) is 0 Å². The number of sulfonamides is 1. The molecule has 0 aromatic heterocycles. The first kappa shape index (κ1) is 19.0. The summed E-state index contributed by atoms with van der Waals surface area (Å²) in [7, 11) is -1.14. The van der Waals surface area contributed by atoms with Crippen LogP contribution >= 0.6 is 0 Å². The van der Waals surface area contributed by atoms with Gasteiger partial charge in [0.05, 0.1) is 30.4 Å². The molecule has 0 fully saturated rings. The van der Waals surface area contributed by atoms with Crippen LogP contribution in [0.25, 0.3) is 0 Å². The largest absolute Gasteiger partial charge is 0.493 e. The van der Waals surface area contributed by atoms with Crippen LogP contribution in [0.5, 0.6) is 11.5 Å². The van der Waals surface area contributed by atoms with Crippen molar-refractivity contribution in [3.63, 3.8) is 0 Å². The second kappa shape index (κ2) is 7.48. The second-order valence-corrected chi connectivity index (χ2v) is 7.94. The normalized spacial score (nSPS) is 13.6. The number of aromatic carboxylic acids is 1. The lowest BCUT2D eigenvalue weighted by Crippen LogP contribution is -2.18. The smallest absolute Gasteiger partial charge is 0.338 e. The van der Waals surface area contributed by atoms with Crippen LogP contribution in [0.15, 0.2) is 35.2 Å². The van der Waals surface area contributed by atoms with Gasteiger partial charge in [0.2, 0.25) is 0 Å². The van der Waals surface area contributed by atoms with E-state index in [2.05, 4.69) is 4.72 Å². The lowest BCUT2D eigenvalue weighted by atomic mass is 9.87. The summed E-state index contributed by atoms with van der Waals surface area (Å²) in [6, 6.07) is 7.51. The number of hydrogen-bond acceptors (Lipinski definition) is 5. The van der Waals surface area contributed by atoms with Crippen molar-refractivity contribution in [2.45, 2.75) is 30.6 Å². The lowest BCUT2D eigenvalue weighted by molar-refractivity contribution is 0.0696. The van der Waals surface area contributed by atoms with E-state index < -0.39 is 16.0 Å². The van der Waals surface area contributed by atoms with Crippen molar-refractivity contribution in [2.24, 2.45) is 0 Å². The molecule has 0 atom stereocenters. The first-order valence-electron chi connectivity index (χ1n) is 8.50. The molecule has 8 heteroatoms. The number of fused-ring (bicyclic) bond motifs is 1. The molecule has 2 aromatic rings. The minimum atomic E-state index is -4.00. The number of hydrogen-bond donors (Lipinski definition) is 2. The number of carboxylic acids is 1. The van der Waals surface area contributed by atoms with E-state index in [-0.39, 0.29) is 21.9 Å². The molecule has 0 aliphatic heterocycles. The van der Waals surface area contributed by atoms with E-state index in [1.54, 1.807) is 6.07 Å². The number of nitrogens with one attached hydrogen (secondary N) is 1. The van der Waals surface area contributed by atoms with Gasteiger partial charge in [0.15, 0.2) is 11.5 Å². The molecular formula is C19H21NO6S. The zero-order valence-electron chi connectivity index (χ0n) is 15.1. The van der Waals surface area contributed by atoms with Crippen molar-refractivity contribution in [1.82, 2.24) is 0 Å². The first-order valence-corrected chi connectivity index (χ1v) is 9.98. The Bertz CT molecular complexity index is 984. The maximum atomic E-state index is 12.8. The third-order valence-corrected chi connectivity index (χ3v) is 6.02. The molecule has 0 radical (unpaired) electrons. The fraction of sp³-hybridized carbons (Fsp3) is 0.316. The summed E-state index contributed by atoms with van der Waals surface area (Å²) in [6.45, 7) is 0. The Kier molecular flexibility index (Phi) is 5.27. The fourth-order valence-electron chi connectivity index (χ4n) is 3.34. The molecule has 0 bridgehead atoms. The van der Waals surface area contributed by atoms with Crippen molar-refractivity contribution >= 4 is 21.7 Å². The van der Waals surface area contributed by atoms with E-state index in [4.69, 9.17) is 9.47 Å². The van der Waals surface area contributed by atoms with Crippen molar-refractivity contribution < 1.29 is 27.8 Å². The summed E-state index contributed by atoms with van der Waals surface area (Å²) in [4.78, 5) is 11.8. The molecule has 7 nitrogen and oxygen atoms in total. The Labute approximate surface area is 158 Å². The summed E-state index contributed by atoms with van der Waals surface area (Å²) < 4.78 is 38.3. The second-order valence-electron chi connectivity index (χ2n) is 6.26. The molecular weight excluding hydrogens is 370 g/mol. The highest BCUT2D eigenvalue weighted by molar-refractivity contribution is 7.92. The zero-order valence-corrected chi connectivity index (χ0v) is 15.9. The van der Waals surface area contributed by atoms with Gasteiger partial charge in [0, 0.05) is 6.07 Å². The summed E-state index contributed by atoms with van der Waals surface area (Å²) in [5, 5.41) is 9.67. The van der Waals surface area contributed by atoms with Gasteiger partial charge in [-0.05, 0) is 55.0 Å². The number of carboxylic acid groups (broad SMARTS) is 1. The van der Waals surface area contributed by atoms with E-state index in [1.165, 1.54) is 38.5 Å². The molecule has 0 heterocycles. The topological polar surface area (TPSA) is 102 Å². The molecule has 0 unspecified atom stereocenters. The number of ether oxygens (including phenoxy) is 2. The fourth-order valence-corrected chi connectivity index (χ4v) is 4.43. The van der Waals surface area contributed by atoms with E-state index in [9.17, 15) is 18.3 Å². The van der Waals surface area contributed by atoms with Crippen LogP contribution in [0.3, 0.4) is 0 Å². The summed E-state index contributed by atoms with van der Waals surface area (Å²) in [6.07, 6.45) is 3.32. The number of anilines is 1. The molecule has 0 spiro atoms. The maximum Gasteiger partial charge on any atom is 0.338 e. The van der Waals surface area contributed by atoms with Crippen molar-refractivity contribution in [3.8, 4) is 11.5 Å². The molecule has 27 heavy (non-hydrogen) atoms. The monoisotopic (exact) mass is 391 g/mol. The van der Waals surface area contributed by atoms with Gasteiger partial charge in [-0.3, -0.25) is 4.72 Å². The van der Waals surface area contributed by atoms with Gasteiger partial charge in [-0.1, -0.05) is 6.07 Å². The Morgan fingerprint density at radius 3 is 2.41 bits per heavy atom. The van der Waals surface area contributed by atoms with Gasteiger partial charge in [-0.2, -0.15) is 0 Å². The van der Waals surface area contributed by atoms with Crippen LogP contribution in [-0.2, 0) is 22.9 Å². The lowest BCUT2D eigenvalue weighted by Gasteiger charge is -2.21. The highest BCUT2D eigenvalue weighted by atomic mass is 32.2. The molecule has 144 valence electrons. The minimum absolute atomic E-state index is 0.0243. The molecule has 0 saturated carbocycles. The van der Waals surface area contributed by atoms with E-state index in [0.717, 1.165) is 24.8 Å². The first-order chi connectivity index (χ1) is 12.9. The molecule has 1 aliphatic carbocycles. The maximum absolute atomic E-state index is 12.8. The molecule has 2 N–H and O–H groups in total. The van der Waals surface area contributed by atoms with E-state index in [1.807, 2.05) is 0 Å². The van der Waals surface area contributed by atoms with Crippen LogP contribution in [0.4, 0.5) is 5.69 Å². The van der Waals surface area contributed by atoms with E-state index >= 15 is 0 Å². The number of aryl methyl sites for hydroxylation is 1. The molecule has 0 saturated heterocycles. The van der Waals surface area contributed by atoms with Crippen LogP contribution in [0, 0.1) is 0 Å². The van der Waals surface area contributed by atoms with Crippen molar-refractivity contribution in [2.75, 3.05) is 18.9 Å². The number of carbonyl (C=O) groups is 1. The number of rotatable bonds is 6. The summed E-state index contributed by atoms with van der Waals surface area (Å²) >= 11 is 0. The predicted octanol–water partition coefficient (Wildman–Crippen LogP) is 3.08. The van der Waals surface area contributed by atoms with Gasteiger partial charge in [0.25, 0.3) is 10.0 Å². The van der Waals surface area contributed by atoms with Crippen molar-refractivity contribution in [3.05, 3.63) is 47.0 Å². The Hall–Kier alpha value is -2.74. The number of methoxy groups -OCH3 is 2. The Morgan fingerprint density at radius 2 is 1.74 bits per heavy atom. The average Bonchev–Trinajstić information content (AvgIpc) is 2.66. The Balaban J connectivity index is 2.03. The quantitative estimate of drug-likeness (QED) is 0.785. The standard InChI is InChI=1S/C19H21NO6S/c1-25-16-10-8-13(11-17(16)26-2)27(23,24)20-15-9-7-12-5-3-4-6-14(12)18(15)19(21)22/h7-11,20H,3-6H2,1-2H3,(H,21,22). The molecule has 3 rings (SSSR count). The van der Waals surface area contributed by atoms with Crippen LogP contribution < -0.4 is 14.2 Å². The van der Waals surface area contributed by atoms with Crippen LogP contribution in [0.1, 0.15) is 34.3 Å². The van der Waals surface area contributed by atoms with Gasteiger partial charge < -0.3 is 14.6 Å². The van der Waals surface area contributed by atoms with Crippen LogP contribution in [0.2, 0.25) is 0 Å².